The second-order valence-corrected chi connectivity index (χ2v) is 9.97. The number of ether oxygens (including phenoxy) is 1. The summed E-state index contributed by atoms with van der Waals surface area (Å²) < 4.78 is 9.67. The van der Waals surface area contributed by atoms with Gasteiger partial charge in [0.2, 0.25) is 0 Å². The topological polar surface area (TPSA) is 98.9 Å². The minimum absolute atomic E-state index is 0.00835. The maximum Gasteiger partial charge on any atom is 0.258 e. The van der Waals surface area contributed by atoms with Gasteiger partial charge in [-0.2, -0.15) is 5.10 Å². The fraction of sp³-hybridized carbons (Fsp3) is 0.333. The van der Waals surface area contributed by atoms with Crippen LogP contribution in [0.15, 0.2) is 48.8 Å². The highest BCUT2D eigenvalue weighted by atomic mass is 35.5. The van der Waals surface area contributed by atoms with Crippen LogP contribution < -0.4 is 15.4 Å². The number of halogens is 1. The molecule has 0 unspecified atom stereocenters. The molecule has 0 saturated heterocycles. The third-order valence-electron chi connectivity index (χ3n) is 6.31. The number of aromatic nitrogens is 5. The summed E-state index contributed by atoms with van der Waals surface area (Å²) in [5.74, 6) is 2.06. The number of benzene rings is 2. The van der Waals surface area contributed by atoms with Crippen molar-refractivity contribution >= 4 is 23.2 Å². The van der Waals surface area contributed by atoms with Crippen molar-refractivity contribution in [2.45, 2.75) is 45.7 Å². The van der Waals surface area contributed by atoms with Crippen molar-refractivity contribution in [1.82, 2.24) is 29.9 Å². The van der Waals surface area contributed by atoms with E-state index in [9.17, 15) is 4.79 Å². The van der Waals surface area contributed by atoms with Gasteiger partial charge in [0, 0.05) is 43.0 Å². The average molecular weight is 520 g/mol. The van der Waals surface area contributed by atoms with E-state index in [2.05, 4.69) is 48.7 Å². The molecule has 3 heterocycles. The normalized spacial score (nSPS) is 14.6. The fourth-order valence-electron chi connectivity index (χ4n) is 4.66. The van der Waals surface area contributed by atoms with Crippen LogP contribution in [0.2, 0.25) is 5.02 Å². The van der Waals surface area contributed by atoms with Gasteiger partial charge in [0.15, 0.2) is 6.61 Å². The first kappa shape index (κ1) is 24.8. The Hall–Kier alpha value is -3.85. The lowest BCUT2D eigenvalue weighted by atomic mass is 9.97. The van der Waals surface area contributed by atoms with Gasteiger partial charge >= 0.3 is 0 Å². The Labute approximate surface area is 220 Å². The molecule has 1 aliphatic heterocycles. The van der Waals surface area contributed by atoms with Crippen LogP contribution >= 0.6 is 11.6 Å². The van der Waals surface area contributed by atoms with Crippen LogP contribution in [-0.2, 0) is 18.3 Å². The van der Waals surface area contributed by atoms with E-state index in [0.717, 1.165) is 52.6 Å². The molecule has 1 aliphatic rings. The summed E-state index contributed by atoms with van der Waals surface area (Å²) in [4.78, 5) is 12.1. The van der Waals surface area contributed by atoms with Crippen LogP contribution in [0.1, 0.15) is 43.5 Å². The largest absolute Gasteiger partial charge is 0.482 e. The SMILES string of the molecule is Cc1nnc2n1-c1ccc(-c3cnn(C)c3)cc1[C@H](Nc1ccc(Cl)c(OCC(=O)NC(C)C)c1)CC2. The van der Waals surface area contributed by atoms with Gasteiger partial charge in [-0.25, -0.2) is 0 Å². The zero-order chi connectivity index (χ0) is 26.1. The zero-order valence-electron chi connectivity index (χ0n) is 21.3. The van der Waals surface area contributed by atoms with Crippen molar-refractivity contribution in [3.05, 3.63) is 71.0 Å². The van der Waals surface area contributed by atoms with Gasteiger partial charge in [-0.1, -0.05) is 17.7 Å². The van der Waals surface area contributed by atoms with Gasteiger partial charge in [0.05, 0.1) is 22.9 Å². The molecular weight excluding hydrogens is 490 g/mol. The molecule has 1 atom stereocenters. The van der Waals surface area contributed by atoms with Crippen LogP contribution in [0, 0.1) is 6.92 Å². The quantitative estimate of drug-likeness (QED) is 0.369. The minimum atomic E-state index is -0.191. The average Bonchev–Trinajstić information content (AvgIpc) is 3.42. The Morgan fingerprint density at radius 2 is 2.03 bits per heavy atom. The lowest BCUT2D eigenvalue weighted by Gasteiger charge is -2.22. The van der Waals surface area contributed by atoms with E-state index >= 15 is 0 Å². The Morgan fingerprint density at radius 3 is 2.78 bits per heavy atom. The number of anilines is 1. The summed E-state index contributed by atoms with van der Waals surface area (Å²) in [6.45, 7) is 5.68. The van der Waals surface area contributed by atoms with E-state index in [0.29, 0.717) is 10.8 Å². The van der Waals surface area contributed by atoms with E-state index in [1.807, 2.05) is 52.3 Å². The van der Waals surface area contributed by atoms with Gasteiger partial charge in [-0.05, 0) is 62.6 Å². The number of carbonyl (C=O) groups excluding carboxylic acids is 1. The van der Waals surface area contributed by atoms with Crippen LogP contribution in [-0.4, -0.2) is 43.1 Å². The summed E-state index contributed by atoms with van der Waals surface area (Å²) >= 11 is 6.38. The second kappa shape index (κ2) is 10.3. The van der Waals surface area contributed by atoms with Gasteiger partial charge in [-0.15, -0.1) is 10.2 Å². The first-order valence-electron chi connectivity index (χ1n) is 12.3. The van der Waals surface area contributed by atoms with Gasteiger partial charge < -0.3 is 15.4 Å². The molecule has 0 fully saturated rings. The lowest BCUT2D eigenvalue weighted by Crippen LogP contribution is -2.34. The highest BCUT2D eigenvalue weighted by Crippen LogP contribution is 2.37. The van der Waals surface area contributed by atoms with E-state index in [1.54, 1.807) is 10.7 Å². The molecule has 0 aliphatic carbocycles. The summed E-state index contributed by atoms with van der Waals surface area (Å²) in [6, 6.07) is 12.0. The summed E-state index contributed by atoms with van der Waals surface area (Å²) in [6.07, 6.45) is 5.46. The molecule has 1 amide bonds. The maximum atomic E-state index is 12.1. The number of aryl methyl sites for hydroxylation is 3. The molecule has 5 rings (SSSR count). The number of amides is 1. The molecule has 2 aromatic carbocycles. The van der Waals surface area contributed by atoms with Crippen molar-refractivity contribution in [3.63, 3.8) is 0 Å². The van der Waals surface area contributed by atoms with Crippen LogP contribution in [0.25, 0.3) is 16.8 Å². The van der Waals surface area contributed by atoms with E-state index in [1.165, 1.54) is 0 Å². The Morgan fingerprint density at radius 1 is 1.19 bits per heavy atom. The summed E-state index contributed by atoms with van der Waals surface area (Å²) in [5.41, 5.74) is 5.17. The highest BCUT2D eigenvalue weighted by Gasteiger charge is 2.26. The maximum absolute atomic E-state index is 12.1. The van der Waals surface area contributed by atoms with E-state index < -0.39 is 0 Å². The smallest absolute Gasteiger partial charge is 0.258 e. The first-order valence-corrected chi connectivity index (χ1v) is 12.7. The first-order chi connectivity index (χ1) is 17.8. The molecule has 37 heavy (non-hydrogen) atoms. The van der Waals surface area contributed by atoms with Gasteiger partial charge in [0.25, 0.3) is 5.91 Å². The van der Waals surface area contributed by atoms with Crippen LogP contribution in [0.4, 0.5) is 5.69 Å². The molecule has 0 radical (unpaired) electrons. The molecule has 10 heteroatoms. The molecule has 2 N–H and O–H groups in total. The number of carbonyl (C=O) groups is 1. The van der Waals surface area contributed by atoms with Crippen LogP contribution in [0.5, 0.6) is 5.75 Å². The summed E-state index contributed by atoms with van der Waals surface area (Å²) in [5, 5.41) is 20.0. The predicted molar refractivity (Wildman–Crippen MR) is 143 cm³/mol. The van der Waals surface area contributed by atoms with Crippen molar-refractivity contribution in [3.8, 4) is 22.6 Å². The zero-order valence-corrected chi connectivity index (χ0v) is 22.1. The molecule has 192 valence electrons. The number of rotatable bonds is 7. The third-order valence-corrected chi connectivity index (χ3v) is 6.62. The standard InChI is InChI=1S/C27H30ClN7O2/c1-16(2)30-27(36)15-37-25-12-20(6-7-22(25)28)31-23-8-10-26-33-32-17(3)35(26)24-9-5-18(11-21(23)24)19-13-29-34(4)14-19/h5-7,9,11-14,16,23,31H,8,10,15H2,1-4H3,(H,30,36)/t23-/m1/s1. The summed E-state index contributed by atoms with van der Waals surface area (Å²) in [7, 11) is 1.91. The molecule has 0 saturated carbocycles. The van der Waals surface area contributed by atoms with Crippen molar-refractivity contribution in [2.75, 3.05) is 11.9 Å². The van der Waals surface area contributed by atoms with Crippen molar-refractivity contribution in [2.24, 2.45) is 7.05 Å². The Balaban J connectivity index is 1.46. The molecular formula is C27H30ClN7O2. The van der Waals surface area contributed by atoms with Crippen molar-refractivity contribution < 1.29 is 9.53 Å². The molecule has 9 nitrogen and oxygen atoms in total. The number of fused-ring (bicyclic) bond motifs is 3. The predicted octanol–water partition coefficient (Wildman–Crippen LogP) is 4.63. The number of nitrogens with zero attached hydrogens (tertiary/aromatic N) is 5. The van der Waals surface area contributed by atoms with E-state index in [-0.39, 0.29) is 24.6 Å². The number of nitrogens with one attached hydrogen (secondary N) is 2. The highest BCUT2D eigenvalue weighted by molar-refractivity contribution is 6.32. The number of hydrogen-bond acceptors (Lipinski definition) is 6. The Bertz CT molecular complexity index is 1440. The third kappa shape index (κ3) is 5.32. The molecule has 0 spiro atoms. The van der Waals surface area contributed by atoms with Gasteiger partial charge in [-0.3, -0.25) is 14.0 Å². The monoisotopic (exact) mass is 519 g/mol. The number of hydrogen-bond donors (Lipinski definition) is 2. The minimum Gasteiger partial charge on any atom is -0.482 e. The fourth-order valence-corrected chi connectivity index (χ4v) is 4.83. The second-order valence-electron chi connectivity index (χ2n) is 9.57. The van der Waals surface area contributed by atoms with Crippen LogP contribution in [0.3, 0.4) is 0 Å². The Kier molecular flexibility index (Phi) is 6.88. The molecule has 0 bridgehead atoms. The lowest BCUT2D eigenvalue weighted by molar-refractivity contribution is -0.123. The van der Waals surface area contributed by atoms with Crippen molar-refractivity contribution in [1.29, 1.82) is 0 Å². The molecule has 4 aromatic rings. The molecule has 2 aromatic heterocycles. The van der Waals surface area contributed by atoms with E-state index in [4.69, 9.17) is 16.3 Å². The van der Waals surface area contributed by atoms with Gasteiger partial charge in [0.1, 0.15) is 17.4 Å².